The molecule has 0 unspecified atom stereocenters. The van der Waals surface area contributed by atoms with Crippen molar-refractivity contribution in [1.82, 2.24) is 4.90 Å². The summed E-state index contributed by atoms with van der Waals surface area (Å²) in [7, 11) is -3.56. The number of rotatable bonds is 4. The molecule has 0 bridgehead atoms. The summed E-state index contributed by atoms with van der Waals surface area (Å²) in [6.07, 6.45) is 2.67. The monoisotopic (exact) mass is 309 g/mol. The molecule has 2 aliphatic rings. The normalized spacial score (nSPS) is 19.3. The summed E-state index contributed by atoms with van der Waals surface area (Å²) in [5, 5.41) is 0. The van der Waals surface area contributed by atoms with E-state index in [9.17, 15) is 8.42 Å². The summed E-state index contributed by atoms with van der Waals surface area (Å²) >= 11 is 4.91. The second kappa shape index (κ2) is 4.82. The molecule has 1 fully saturated rings. The Bertz CT molecular complexity index is 693. The van der Waals surface area contributed by atoms with Crippen molar-refractivity contribution in [2.45, 2.75) is 30.2 Å². The van der Waals surface area contributed by atoms with Crippen molar-refractivity contribution < 1.29 is 8.42 Å². The predicted octanol–water partition coefficient (Wildman–Crippen LogP) is 1.28. The number of hydrogen-bond acceptors (Lipinski definition) is 4. The van der Waals surface area contributed by atoms with Crippen molar-refractivity contribution in [3.63, 3.8) is 0 Å². The first-order chi connectivity index (χ1) is 9.49. The maximum Gasteiger partial charge on any atom is 0.285 e. The minimum absolute atomic E-state index is 0.288. The average Bonchev–Trinajstić information content (AvgIpc) is 3.18. The van der Waals surface area contributed by atoms with Gasteiger partial charge in [-0.15, -0.1) is 4.40 Å². The lowest BCUT2D eigenvalue weighted by Gasteiger charge is -2.24. The van der Waals surface area contributed by atoms with Crippen LogP contribution in [0.15, 0.2) is 33.6 Å². The number of thiocarbonyl (C=S) groups is 1. The van der Waals surface area contributed by atoms with Gasteiger partial charge >= 0.3 is 0 Å². The molecule has 0 radical (unpaired) electrons. The minimum Gasteiger partial charge on any atom is -0.393 e. The van der Waals surface area contributed by atoms with Gasteiger partial charge in [0.05, 0.1) is 4.99 Å². The van der Waals surface area contributed by atoms with Crippen LogP contribution in [0.3, 0.4) is 0 Å². The van der Waals surface area contributed by atoms with Gasteiger partial charge in [0.2, 0.25) is 0 Å². The molecular weight excluding hydrogens is 294 g/mol. The lowest BCUT2D eigenvalue weighted by Crippen LogP contribution is -2.35. The fourth-order valence-electron chi connectivity index (χ4n) is 2.37. The third-order valence-electron chi connectivity index (χ3n) is 3.47. The topological polar surface area (TPSA) is 75.8 Å². The molecule has 1 aromatic rings. The van der Waals surface area contributed by atoms with E-state index in [2.05, 4.69) is 4.40 Å². The number of hydrogen-bond donors (Lipinski definition) is 1. The minimum atomic E-state index is -3.56. The van der Waals surface area contributed by atoms with Gasteiger partial charge in [-0.05, 0) is 25.0 Å². The molecule has 1 heterocycles. The van der Waals surface area contributed by atoms with E-state index in [0.29, 0.717) is 35.4 Å². The van der Waals surface area contributed by atoms with Gasteiger partial charge in [0.25, 0.3) is 10.0 Å². The molecule has 0 saturated heterocycles. The van der Waals surface area contributed by atoms with Crippen LogP contribution in [0.25, 0.3) is 0 Å². The fourth-order valence-corrected chi connectivity index (χ4v) is 3.68. The van der Waals surface area contributed by atoms with Crippen LogP contribution in [0.2, 0.25) is 0 Å². The molecule has 2 N–H and O–H groups in total. The lowest BCUT2D eigenvalue weighted by atomic mass is 10.2. The van der Waals surface area contributed by atoms with Crippen LogP contribution in [-0.2, 0) is 10.0 Å². The van der Waals surface area contributed by atoms with E-state index < -0.39 is 10.0 Å². The maximum atomic E-state index is 12.1. The van der Waals surface area contributed by atoms with Gasteiger partial charge in [-0.25, -0.2) is 0 Å². The average molecular weight is 309 g/mol. The molecule has 7 heteroatoms. The largest absolute Gasteiger partial charge is 0.393 e. The molecule has 0 atom stereocenters. The van der Waals surface area contributed by atoms with Crippen molar-refractivity contribution in [2.24, 2.45) is 10.1 Å². The highest BCUT2D eigenvalue weighted by atomic mass is 32.2. The quantitative estimate of drug-likeness (QED) is 0.848. The van der Waals surface area contributed by atoms with Crippen molar-refractivity contribution in [3.8, 4) is 0 Å². The van der Waals surface area contributed by atoms with Crippen LogP contribution in [0.1, 0.15) is 24.8 Å². The zero-order chi connectivity index (χ0) is 14.3. The highest BCUT2D eigenvalue weighted by Gasteiger charge is 2.37. The van der Waals surface area contributed by atoms with Crippen LogP contribution in [-0.4, -0.2) is 36.7 Å². The van der Waals surface area contributed by atoms with Crippen LogP contribution in [0, 0.1) is 0 Å². The number of amidine groups is 1. The van der Waals surface area contributed by atoms with Gasteiger partial charge in [0, 0.05) is 24.6 Å². The molecule has 1 aliphatic heterocycles. The molecule has 0 aromatic heterocycles. The Labute approximate surface area is 123 Å². The Morgan fingerprint density at radius 1 is 1.40 bits per heavy atom. The highest BCUT2D eigenvalue weighted by Crippen LogP contribution is 2.34. The zero-order valence-corrected chi connectivity index (χ0v) is 12.5. The van der Waals surface area contributed by atoms with E-state index in [1.54, 1.807) is 18.2 Å². The van der Waals surface area contributed by atoms with Gasteiger partial charge in [-0.1, -0.05) is 24.4 Å². The third kappa shape index (κ3) is 2.43. The molecule has 1 aromatic carbocycles. The van der Waals surface area contributed by atoms with Gasteiger partial charge in [-0.3, -0.25) is 0 Å². The summed E-state index contributed by atoms with van der Waals surface area (Å²) in [4.78, 5) is 2.75. The molecule has 0 amide bonds. The van der Waals surface area contributed by atoms with E-state index in [1.165, 1.54) is 0 Å². The van der Waals surface area contributed by atoms with Crippen LogP contribution < -0.4 is 5.73 Å². The first kappa shape index (κ1) is 13.5. The summed E-state index contributed by atoms with van der Waals surface area (Å²) in [5.74, 6) is 0.541. The number of nitrogens with two attached hydrogens (primary N) is 1. The Kier molecular flexibility index (Phi) is 3.25. The van der Waals surface area contributed by atoms with E-state index in [4.69, 9.17) is 18.0 Å². The van der Waals surface area contributed by atoms with Gasteiger partial charge in [0.15, 0.2) is 5.84 Å². The smallest absolute Gasteiger partial charge is 0.285 e. The van der Waals surface area contributed by atoms with Gasteiger partial charge in [0.1, 0.15) is 4.90 Å². The SMILES string of the molecule is NC(=S)CCN(C1=NS(=O)(=O)c2ccccc21)C1CC1. The van der Waals surface area contributed by atoms with Gasteiger partial charge < -0.3 is 10.6 Å². The molecule has 0 spiro atoms. The summed E-state index contributed by atoms with van der Waals surface area (Å²) < 4.78 is 28.1. The molecular formula is C13H15N3O2S2. The summed E-state index contributed by atoms with van der Waals surface area (Å²) in [6, 6.07) is 7.29. The zero-order valence-electron chi connectivity index (χ0n) is 10.8. The Balaban J connectivity index is 1.98. The molecule has 106 valence electrons. The first-order valence-corrected chi connectivity index (χ1v) is 8.33. The summed E-state index contributed by atoms with van der Waals surface area (Å²) in [5.41, 5.74) is 6.24. The van der Waals surface area contributed by atoms with E-state index >= 15 is 0 Å². The van der Waals surface area contributed by atoms with Crippen molar-refractivity contribution in [1.29, 1.82) is 0 Å². The Morgan fingerprint density at radius 2 is 2.10 bits per heavy atom. The number of nitrogens with zero attached hydrogens (tertiary/aromatic N) is 2. The Hall–Kier alpha value is -1.47. The van der Waals surface area contributed by atoms with Crippen LogP contribution >= 0.6 is 12.2 Å². The second-order valence-corrected chi connectivity index (χ2v) is 7.12. The second-order valence-electron chi connectivity index (χ2n) is 5.03. The van der Waals surface area contributed by atoms with Crippen molar-refractivity contribution in [2.75, 3.05) is 6.54 Å². The fraction of sp³-hybridized carbons (Fsp3) is 0.385. The predicted molar refractivity (Wildman–Crippen MR) is 81.3 cm³/mol. The molecule has 1 saturated carbocycles. The lowest BCUT2D eigenvalue weighted by molar-refractivity contribution is 0.423. The molecule has 3 rings (SSSR count). The maximum absolute atomic E-state index is 12.1. The standard InChI is InChI=1S/C13H15N3O2S2/c14-12(19)7-8-16(9-5-6-9)13-10-3-1-2-4-11(10)20(17,18)15-13/h1-4,9H,5-8H2,(H2,14,19). The number of benzene rings is 1. The highest BCUT2D eigenvalue weighted by molar-refractivity contribution is 7.90. The number of sulfonamides is 1. The first-order valence-electron chi connectivity index (χ1n) is 6.48. The number of fused-ring (bicyclic) bond motifs is 1. The van der Waals surface area contributed by atoms with Crippen molar-refractivity contribution in [3.05, 3.63) is 29.8 Å². The van der Waals surface area contributed by atoms with Crippen molar-refractivity contribution >= 4 is 33.1 Å². The molecule has 1 aliphatic carbocycles. The molecule has 5 nitrogen and oxygen atoms in total. The van der Waals surface area contributed by atoms with Crippen LogP contribution in [0.4, 0.5) is 0 Å². The van der Waals surface area contributed by atoms with Gasteiger partial charge in [-0.2, -0.15) is 8.42 Å². The van der Waals surface area contributed by atoms with Crippen LogP contribution in [0.5, 0.6) is 0 Å². The van der Waals surface area contributed by atoms with E-state index in [0.717, 1.165) is 12.8 Å². The third-order valence-corrected chi connectivity index (χ3v) is 5.00. The summed E-state index contributed by atoms with van der Waals surface area (Å²) in [6.45, 7) is 0.614. The Morgan fingerprint density at radius 3 is 2.75 bits per heavy atom. The molecule has 20 heavy (non-hydrogen) atoms. The van der Waals surface area contributed by atoms with E-state index in [-0.39, 0.29) is 4.90 Å². The van der Waals surface area contributed by atoms with E-state index in [1.807, 2.05) is 11.0 Å².